The maximum Gasteiger partial charge on any atom is 0.160 e. The van der Waals surface area contributed by atoms with Crippen LogP contribution in [0.15, 0.2) is 36.4 Å². The van der Waals surface area contributed by atoms with Crippen LogP contribution in [0, 0.1) is 0 Å². The molecule has 0 bridgehead atoms. The maximum atomic E-state index is 10.1. The van der Waals surface area contributed by atoms with Crippen molar-refractivity contribution in [3.05, 3.63) is 58.7 Å². The summed E-state index contributed by atoms with van der Waals surface area (Å²) in [7, 11) is 0. The lowest BCUT2D eigenvalue weighted by atomic mass is 9.72. The fourth-order valence-electron chi connectivity index (χ4n) is 3.72. The van der Waals surface area contributed by atoms with Crippen LogP contribution >= 0.6 is 0 Å². The Morgan fingerprint density at radius 2 is 1.85 bits per heavy atom. The number of phenolic OH excluding ortho intramolecular Hbond substituents is 2. The van der Waals surface area contributed by atoms with Crippen molar-refractivity contribution in [1.82, 2.24) is 5.32 Å². The third-order valence-electron chi connectivity index (χ3n) is 4.69. The molecule has 20 heavy (non-hydrogen) atoms. The monoisotopic (exact) mass is 267 g/mol. The number of hydrogen-bond donors (Lipinski definition) is 3. The predicted octanol–water partition coefficient (Wildman–Crippen LogP) is 2.65. The van der Waals surface area contributed by atoms with E-state index < -0.39 is 0 Å². The number of benzene rings is 2. The van der Waals surface area contributed by atoms with Crippen LogP contribution in [-0.2, 0) is 13.0 Å². The zero-order valence-electron chi connectivity index (χ0n) is 11.1. The van der Waals surface area contributed by atoms with Crippen LogP contribution in [0.2, 0.25) is 0 Å². The summed E-state index contributed by atoms with van der Waals surface area (Å²) in [5.41, 5.74) is 4.73. The van der Waals surface area contributed by atoms with Crippen molar-refractivity contribution in [2.24, 2.45) is 0 Å². The fourth-order valence-corrected chi connectivity index (χ4v) is 3.72. The molecule has 2 aliphatic rings. The maximum absolute atomic E-state index is 10.1. The number of nitrogens with one attached hydrogen (secondary N) is 1. The average Bonchev–Trinajstić information content (AvgIpc) is 2.50. The van der Waals surface area contributed by atoms with Crippen molar-refractivity contribution < 1.29 is 10.2 Å². The molecule has 102 valence electrons. The highest BCUT2D eigenvalue weighted by molar-refractivity contribution is 5.55. The lowest BCUT2D eigenvalue weighted by Gasteiger charge is -2.39. The number of hydrogen-bond acceptors (Lipinski definition) is 3. The molecule has 1 heterocycles. The molecule has 0 fully saturated rings. The van der Waals surface area contributed by atoms with Crippen molar-refractivity contribution in [1.29, 1.82) is 0 Å². The summed E-state index contributed by atoms with van der Waals surface area (Å²) in [6.45, 7) is 0.913. The highest BCUT2D eigenvalue weighted by atomic mass is 16.3. The van der Waals surface area contributed by atoms with E-state index in [1.807, 2.05) is 6.07 Å². The van der Waals surface area contributed by atoms with E-state index in [0.717, 1.165) is 30.5 Å². The Labute approximate surface area is 117 Å². The molecule has 1 aliphatic heterocycles. The highest BCUT2D eigenvalue weighted by Crippen LogP contribution is 2.45. The summed E-state index contributed by atoms with van der Waals surface area (Å²) in [5, 5.41) is 23.4. The van der Waals surface area contributed by atoms with Gasteiger partial charge in [0.1, 0.15) is 0 Å². The molecule has 3 N–H and O–H groups in total. The van der Waals surface area contributed by atoms with E-state index in [1.165, 1.54) is 11.1 Å². The molecular weight excluding hydrogens is 250 g/mol. The molecule has 2 aromatic rings. The first kappa shape index (κ1) is 11.8. The highest BCUT2D eigenvalue weighted by Gasteiger charge is 2.36. The van der Waals surface area contributed by atoms with Gasteiger partial charge in [0.2, 0.25) is 0 Å². The van der Waals surface area contributed by atoms with Gasteiger partial charge in [-0.3, -0.25) is 0 Å². The second-order valence-corrected chi connectivity index (χ2v) is 5.70. The molecule has 2 atom stereocenters. The van der Waals surface area contributed by atoms with Crippen molar-refractivity contribution in [3.63, 3.8) is 0 Å². The van der Waals surface area contributed by atoms with Gasteiger partial charge >= 0.3 is 0 Å². The average molecular weight is 267 g/mol. The van der Waals surface area contributed by atoms with Crippen LogP contribution in [0.4, 0.5) is 0 Å². The van der Waals surface area contributed by atoms with E-state index in [-0.39, 0.29) is 17.4 Å². The molecule has 2 unspecified atom stereocenters. The van der Waals surface area contributed by atoms with Gasteiger partial charge in [-0.1, -0.05) is 30.3 Å². The summed E-state index contributed by atoms with van der Waals surface area (Å²) < 4.78 is 0. The van der Waals surface area contributed by atoms with Crippen molar-refractivity contribution in [2.75, 3.05) is 0 Å². The Bertz CT molecular complexity index is 681. The molecule has 3 heteroatoms. The molecule has 0 saturated heterocycles. The predicted molar refractivity (Wildman–Crippen MR) is 77.0 cm³/mol. The molecule has 0 aromatic heterocycles. The lowest BCUT2D eigenvalue weighted by Crippen LogP contribution is -2.42. The Balaban J connectivity index is 1.93. The minimum absolute atomic E-state index is 0.0146. The fraction of sp³-hybridized carbons (Fsp3) is 0.294. The van der Waals surface area contributed by atoms with Gasteiger partial charge in [0.05, 0.1) is 0 Å². The molecule has 0 radical (unpaired) electrons. The van der Waals surface area contributed by atoms with Gasteiger partial charge in [-0.15, -0.1) is 0 Å². The van der Waals surface area contributed by atoms with Crippen LogP contribution in [0.25, 0.3) is 0 Å². The first-order chi connectivity index (χ1) is 9.75. The summed E-state index contributed by atoms with van der Waals surface area (Å²) in [6.07, 6.45) is 1.80. The molecular formula is C17H17NO2. The largest absolute Gasteiger partial charge is 0.504 e. The quantitative estimate of drug-likeness (QED) is 0.643. The molecule has 4 rings (SSSR count). The smallest absolute Gasteiger partial charge is 0.160 e. The second-order valence-electron chi connectivity index (χ2n) is 5.70. The molecule has 1 aliphatic carbocycles. The second kappa shape index (κ2) is 4.25. The van der Waals surface area contributed by atoms with Crippen LogP contribution in [0.3, 0.4) is 0 Å². The Morgan fingerprint density at radius 3 is 2.75 bits per heavy atom. The third-order valence-corrected chi connectivity index (χ3v) is 4.69. The zero-order chi connectivity index (χ0) is 13.7. The molecule has 0 saturated carbocycles. The molecule has 0 spiro atoms. The lowest BCUT2D eigenvalue weighted by molar-refractivity contribution is 0.368. The summed E-state index contributed by atoms with van der Waals surface area (Å²) in [6, 6.07) is 12.5. The summed E-state index contributed by atoms with van der Waals surface area (Å²) in [5.74, 6) is 0.318. The Kier molecular flexibility index (Phi) is 2.51. The normalized spacial score (nSPS) is 23.6. The first-order valence-electron chi connectivity index (χ1n) is 7.10. The van der Waals surface area contributed by atoms with Crippen molar-refractivity contribution in [3.8, 4) is 11.5 Å². The van der Waals surface area contributed by atoms with E-state index in [0.29, 0.717) is 6.04 Å². The van der Waals surface area contributed by atoms with Crippen LogP contribution in [0.1, 0.15) is 34.6 Å². The topological polar surface area (TPSA) is 52.5 Å². The standard InChI is InChI=1S/C17H17NO2/c19-15-8-6-12-13(17(15)20)5-7-14-16(12)11-4-2-1-3-10(11)9-18-14/h1-4,6,8,14,16,18-20H,5,7,9H2. The summed E-state index contributed by atoms with van der Waals surface area (Å²) >= 11 is 0. The zero-order valence-corrected chi connectivity index (χ0v) is 11.1. The van der Waals surface area contributed by atoms with E-state index in [1.54, 1.807) is 6.07 Å². The number of rotatable bonds is 0. The SMILES string of the molecule is Oc1ccc2c(c1O)CCC1NCc3ccccc3C21. The van der Waals surface area contributed by atoms with Gasteiger partial charge in [0.15, 0.2) is 11.5 Å². The van der Waals surface area contributed by atoms with E-state index in [9.17, 15) is 10.2 Å². The van der Waals surface area contributed by atoms with Crippen LogP contribution in [-0.4, -0.2) is 16.3 Å². The number of phenols is 2. The Morgan fingerprint density at radius 1 is 1.00 bits per heavy atom. The van der Waals surface area contributed by atoms with Gasteiger partial charge in [-0.2, -0.15) is 0 Å². The molecule has 0 amide bonds. The van der Waals surface area contributed by atoms with Crippen molar-refractivity contribution >= 4 is 0 Å². The van der Waals surface area contributed by atoms with Gasteiger partial charge in [-0.05, 0) is 35.6 Å². The number of fused-ring (bicyclic) bond motifs is 5. The minimum Gasteiger partial charge on any atom is -0.504 e. The van der Waals surface area contributed by atoms with Gasteiger partial charge < -0.3 is 15.5 Å². The van der Waals surface area contributed by atoms with Crippen LogP contribution in [0.5, 0.6) is 11.5 Å². The van der Waals surface area contributed by atoms with Gasteiger partial charge in [0, 0.05) is 24.1 Å². The van der Waals surface area contributed by atoms with Gasteiger partial charge in [0.25, 0.3) is 0 Å². The molecule has 3 nitrogen and oxygen atoms in total. The van der Waals surface area contributed by atoms with E-state index in [2.05, 4.69) is 29.6 Å². The minimum atomic E-state index is -0.0146. The Hall–Kier alpha value is -2.00. The van der Waals surface area contributed by atoms with Gasteiger partial charge in [-0.25, -0.2) is 0 Å². The van der Waals surface area contributed by atoms with Crippen LogP contribution < -0.4 is 5.32 Å². The van der Waals surface area contributed by atoms with E-state index in [4.69, 9.17) is 0 Å². The third kappa shape index (κ3) is 1.56. The summed E-state index contributed by atoms with van der Waals surface area (Å²) in [4.78, 5) is 0. The van der Waals surface area contributed by atoms with Crippen molar-refractivity contribution in [2.45, 2.75) is 31.3 Å². The van der Waals surface area contributed by atoms with E-state index >= 15 is 0 Å². The first-order valence-corrected chi connectivity index (χ1v) is 7.10. The molecule has 2 aromatic carbocycles. The number of aromatic hydroxyl groups is 2.